The molecule has 1 aromatic carbocycles. The van der Waals surface area contributed by atoms with Crippen molar-refractivity contribution in [2.75, 3.05) is 13.7 Å². The summed E-state index contributed by atoms with van der Waals surface area (Å²) in [6, 6.07) is 8.41. The highest BCUT2D eigenvalue weighted by Gasteiger charge is 2.28. The van der Waals surface area contributed by atoms with Crippen molar-refractivity contribution < 1.29 is 9.53 Å². The lowest BCUT2D eigenvalue weighted by Gasteiger charge is -2.33. The van der Waals surface area contributed by atoms with Crippen LogP contribution in [0.5, 0.6) is 5.75 Å². The predicted molar refractivity (Wildman–Crippen MR) is 124 cm³/mol. The molecule has 0 aliphatic carbocycles. The highest BCUT2D eigenvalue weighted by atomic mass is 32.1. The molecule has 0 N–H and O–H groups in total. The fourth-order valence-electron chi connectivity index (χ4n) is 4.27. The SMILES string of the molecule is COc1ccc(Cc2c(C)nn(-c3nc(C)c(C(=O)N4CCCC[C@H]4C)s3)c2C)cc1. The normalized spacial score (nSPS) is 16.5. The standard InChI is InChI=1S/C24H30N4O2S/c1-15-8-6-7-13-27(15)23(29)22-17(3)25-24(31-22)28-18(4)21(16(2)26-28)14-19-9-11-20(30-5)12-10-19/h9-12,15H,6-8,13-14H2,1-5H3/t15-/m1/s1. The van der Waals surface area contributed by atoms with Crippen LogP contribution in [0.1, 0.15) is 64.1 Å². The Morgan fingerprint density at radius 1 is 1.16 bits per heavy atom. The van der Waals surface area contributed by atoms with Crippen molar-refractivity contribution in [3.63, 3.8) is 0 Å². The maximum atomic E-state index is 13.2. The summed E-state index contributed by atoms with van der Waals surface area (Å²) in [6.45, 7) is 9.00. The number of hydrogen-bond acceptors (Lipinski definition) is 5. The molecule has 1 fully saturated rings. The van der Waals surface area contributed by atoms with Gasteiger partial charge in [0.2, 0.25) is 5.13 Å². The number of ether oxygens (including phenoxy) is 1. The molecule has 0 saturated carbocycles. The van der Waals surface area contributed by atoms with Crippen LogP contribution < -0.4 is 4.74 Å². The van der Waals surface area contributed by atoms with Crippen LogP contribution in [-0.4, -0.2) is 45.3 Å². The lowest BCUT2D eigenvalue weighted by molar-refractivity contribution is 0.0639. The number of piperidine rings is 1. The first-order chi connectivity index (χ1) is 14.9. The Morgan fingerprint density at radius 2 is 1.90 bits per heavy atom. The number of rotatable bonds is 5. The summed E-state index contributed by atoms with van der Waals surface area (Å²) in [5.41, 5.74) is 5.23. The van der Waals surface area contributed by atoms with E-state index < -0.39 is 0 Å². The summed E-state index contributed by atoms with van der Waals surface area (Å²) in [5, 5.41) is 5.52. The quantitative estimate of drug-likeness (QED) is 0.570. The van der Waals surface area contributed by atoms with E-state index in [0.29, 0.717) is 0 Å². The van der Waals surface area contributed by atoms with Crippen molar-refractivity contribution in [1.82, 2.24) is 19.7 Å². The van der Waals surface area contributed by atoms with Crippen LogP contribution in [0.25, 0.3) is 5.13 Å². The molecule has 0 radical (unpaired) electrons. The fourth-order valence-corrected chi connectivity index (χ4v) is 5.29. The molecule has 4 rings (SSSR count). The molecule has 1 amide bonds. The van der Waals surface area contributed by atoms with Gasteiger partial charge in [-0.3, -0.25) is 4.79 Å². The van der Waals surface area contributed by atoms with Crippen LogP contribution >= 0.6 is 11.3 Å². The largest absolute Gasteiger partial charge is 0.497 e. The topological polar surface area (TPSA) is 60.2 Å². The number of hydrogen-bond donors (Lipinski definition) is 0. The number of amides is 1. The number of carbonyl (C=O) groups is 1. The van der Waals surface area contributed by atoms with Gasteiger partial charge in [0.25, 0.3) is 5.91 Å². The Kier molecular flexibility index (Phi) is 6.14. The molecule has 3 heterocycles. The summed E-state index contributed by atoms with van der Waals surface area (Å²) >= 11 is 1.45. The van der Waals surface area contributed by atoms with Gasteiger partial charge in [0, 0.05) is 30.3 Å². The minimum absolute atomic E-state index is 0.105. The molecule has 31 heavy (non-hydrogen) atoms. The first-order valence-electron chi connectivity index (χ1n) is 10.9. The summed E-state index contributed by atoms with van der Waals surface area (Å²) in [7, 11) is 1.67. The zero-order chi connectivity index (χ0) is 22.1. The van der Waals surface area contributed by atoms with Crippen molar-refractivity contribution >= 4 is 17.2 Å². The Hall–Kier alpha value is -2.67. The van der Waals surface area contributed by atoms with Crippen LogP contribution in [-0.2, 0) is 6.42 Å². The molecule has 164 valence electrons. The molecular weight excluding hydrogens is 408 g/mol. The van der Waals surface area contributed by atoms with Gasteiger partial charge in [0.15, 0.2) is 0 Å². The number of aryl methyl sites for hydroxylation is 2. The third-order valence-electron chi connectivity index (χ3n) is 6.21. The average molecular weight is 439 g/mol. The minimum Gasteiger partial charge on any atom is -0.497 e. The highest BCUT2D eigenvalue weighted by molar-refractivity contribution is 7.16. The molecule has 1 aliphatic heterocycles. The third-order valence-corrected chi connectivity index (χ3v) is 7.33. The Morgan fingerprint density at radius 3 is 2.58 bits per heavy atom. The molecule has 1 atom stereocenters. The lowest BCUT2D eigenvalue weighted by atomic mass is 10.0. The average Bonchev–Trinajstić information content (AvgIpc) is 3.28. The van der Waals surface area contributed by atoms with Gasteiger partial charge in [-0.25, -0.2) is 9.67 Å². The van der Waals surface area contributed by atoms with Crippen LogP contribution in [0.15, 0.2) is 24.3 Å². The van der Waals surface area contributed by atoms with Crippen LogP contribution in [0.3, 0.4) is 0 Å². The van der Waals surface area contributed by atoms with Crippen molar-refractivity contribution in [1.29, 1.82) is 0 Å². The number of aromatic nitrogens is 3. The second-order valence-electron chi connectivity index (χ2n) is 8.34. The van der Waals surface area contributed by atoms with E-state index in [0.717, 1.165) is 58.6 Å². The number of methoxy groups -OCH3 is 1. The monoisotopic (exact) mass is 438 g/mol. The zero-order valence-electron chi connectivity index (χ0n) is 18.9. The first-order valence-corrected chi connectivity index (χ1v) is 11.7. The van der Waals surface area contributed by atoms with Gasteiger partial charge >= 0.3 is 0 Å². The molecule has 1 aliphatic rings. The lowest BCUT2D eigenvalue weighted by Crippen LogP contribution is -2.41. The van der Waals surface area contributed by atoms with Gasteiger partial charge in [0.05, 0.1) is 18.5 Å². The van der Waals surface area contributed by atoms with E-state index >= 15 is 0 Å². The third kappa shape index (κ3) is 4.24. The van der Waals surface area contributed by atoms with Crippen LogP contribution in [0, 0.1) is 20.8 Å². The zero-order valence-corrected chi connectivity index (χ0v) is 19.8. The molecule has 0 unspecified atom stereocenters. The molecule has 7 heteroatoms. The maximum Gasteiger partial charge on any atom is 0.266 e. The van der Waals surface area contributed by atoms with Crippen molar-refractivity contribution in [3.05, 3.63) is 57.4 Å². The van der Waals surface area contributed by atoms with Crippen molar-refractivity contribution in [3.8, 4) is 10.9 Å². The van der Waals surface area contributed by atoms with E-state index in [9.17, 15) is 4.79 Å². The van der Waals surface area contributed by atoms with Gasteiger partial charge in [-0.05, 0) is 64.7 Å². The number of benzene rings is 1. The van der Waals surface area contributed by atoms with E-state index in [1.807, 2.05) is 35.6 Å². The summed E-state index contributed by atoms with van der Waals surface area (Å²) in [5.74, 6) is 0.958. The molecule has 0 bridgehead atoms. The molecule has 3 aromatic rings. The number of thiazole rings is 1. The highest BCUT2D eigenvalue weighted by Crippen LogP contribution is 2.29. The Labute approximate surface area is 187 Å². The van der Waals surface area contributed by atoms with Gasteiger partial charge in [-0.1, -0.05) is 23.5 Å². The van der Waals surface area contributed by atoms with E-state index in [-0.39, 0.29) is 11.9 Å². The van der Waals surface area contributed by atoms with Crippen molar-refractivity contribution in [2.45, 2.75) is 59.4 Å². The van der Waals surface area contributed by atoms with Gasteiger partial charge in [0.1, 0.15) is 10.6 Å². The van der Waals surface area contributed by atoms with Crippen LogP contribution in [0.2, 0.25) is 0 Å². The summed E-state index contributed by atoms with van der Waals surface area (Å²) < 4.78 is 7.15. The number of likely N-dealkylation sites (tertiary alicyclic amines) is 1. The second-order valence-corrected chi connectivity index (χ2v) is 9.32. The van der Waals surface area contributed by atoms with Gasteiger partial charge in [-0.2, -0.15) is 5.10 Å². The first kappa shape index (κ1) is 21.6. The second kappa shape index (κ2) is 8.83. The minimum atomic E-state index is 0.105. The number of nitrogens with zero attached hydrogens (tertiary/aromatic N) is 4. The molecule has 6 nitrogen and oxygen atoms in total. The Bertz CT molecular complexity index is 1080. The molecular formula is C24H30N4O2S. The summed E-state index contributed by atoms with van der Waals surface area (Å²) in [6.07, 6.45) is 4.14. The van der Waals surface area contributed by atoms with E-state index in [4.69, 9.17) is 14.8 Å². The maximum absolute atomic E-state index is 13.2. The van der Waals surface area contributed by atoms with E-state index in [2.05, 4.69) is 26.0 Å². The van der Waals surface area contributed by atoms with E-state index in [1.165, 1.54) is 28.9 Å². The van der Waals surface area contributed by atoms with E-state index in [1.54, 1.807) is 7.11 Å². The molecule has 0 spiro atoms. The summed E-state index contributed by atoms with van der Waals surface area (Å²) in [4.78, 5) is 20.6. The van der Waals surface area contributed by atoms with Gasteiger partial charge in [-0.15, -0.1) is 0 Å². The number of carbonyl (C=O) groups excluding carboxylic acids is 1. The van der Waals surface area contributed by atoms with Crippen molar-refractivity contribution in [2.24, 2.45) is 0 Å². The Balaban J connectivity index is 1.61. The predicted octanol–water partition coefficient (Wildman–Crippen LogP) is 4.87. The van der Waals surface area contributed by atoms with Crippen LogP contribution in [0.4, 0.5) is 0 Å². The smallest absolute Gasteiger partial charge is 0.266 e. The molecule has 2 aromatic heterocycles. The fraction of sp³-hybridized carbons (Fsp3) is 0.458. The molecule has 1 saturated heterocycles. The van der Waals surface area contributed by atoms with Gasteiger partial charge < -0.3 is 9.64 Å².